The molecule has 1 amide bonds. The lowest BCUT2D eigenvalue weighted by Gasteiger charge is -2.21. The quantitative estimate of drug-likeness (QED) is 0.653. The third-order valence-corrected chi connectivity index (χ3v) is 4.31. The summed E-state index contributed by atoms with van der Waals surface area (Å²) in [5.41, 5.74) is 2.22. The van der Waals surface area contributed by atoms with Crippen molar-refractivity contribution in [3.05, 3.63) is 59.6 Å². The second-order valence-electron chi connectivity index (χ2n) is 5.93. The summed E-state index contributed by atoms with van der Waals surface area (Å²) in [5.74, 6) is 1.47. The van der Waals surface area contributed by atoms with E-state index in [1.807, 2.05) is 32.0 Å². The Labute approximate surface area is 152 Å². The highest BCUT2D eigenvalue weighted by Crippen LogP contribution is 2.16. The van der Waals surface area contributed by atoms with Crippen LogP contribution in [0.4, 0.5) is 0 Å². The number of rotatable bonds is 7. The molecule has 136 valence electrons. The number of hydrogen-bond acceptors (Lipinski definition) is 5. The fourth-order valence-corrected chi connectivity index (χ4v) is 2.90. The van der Waals surface area contributed by atoms with E-state index in [9.17, 15) is 4.79 Å². The minimum atomic E-state index is -0.0561. The lowest BCUT2D eigenvalue weighted by Crippen LogP contribution is -2.33. The number of aryl methyl sites for hydroxylation is 2. The van der Waals surface area contributed by atoms with Gasteiger partial charge in [-0.3, -0.25) is 4.79 Å². The number of oxazole rings is 1. The maximum atomic E-state index is 13.0. The first-order chi connectivity index (χ1) is 12.6. The molecule has 2 aromatic heterocycles. The second kappa shape index (κ2) is 7.95. The highest BCUT2D eigenvalue weighted by molar-refractivity contribution is 5.97. The molecule has 7 nitrogen and oxygen atoms in total. The van der Waals surface area contributed by atoms with E-state index in [0.717, 1.165) is 17.9 Å². The molecule has 0 N–H and O–H groups in total. The Balaban J connectivity index is 1.77. The predicted octanol–water partition coefficient (Wildman–Crippen LogP) is 2.83. The average molecular weight is 353 g/mol. The SMILES string of the molecule is CCc1nc(CCN(CC)C(=O)c2ccccc2-n2nccn2)oc1C. The number of benzene rings is 1. The third kappa shape index (κ3) is 3.66. The van der Waals surface area contributed by atoms with Crippen molar-refractivity contribution in [1.29, 1.82) is 0 Å². The van der Waals surface area contributed by atoms with Crippen LogP contribution < -0.4 is 0 Å². The van der Waals surface area contributed by atoms with Gasteiger partial charge in [0.15, 0.2) is 5.89 Å². The zero-order chi connectivity index (χ0) is 18.5. The Bertz CT molecular complexity index is 870. The van der Waals surface area contributed by atoms with Gasteiger partial charge >= 0.3 is 0 Å². The van der Waals surface area contributed by atoms with Gasteiger partial charge in [-0.25, -0.2) is 4.98 Å². The van der Waals surface area contributed by atoms with Crippen LogP contribution in [-0.2, 0) is 12.8 Å². The third-order valence-electron chi connectivity index (χ3n) is 4.31. The van der Waals surface area contributed by atoms with E-state index in [1.165, 1.54) is 4.80 Å². The lowest BCUT2D eigenvalue weighted by atomic mass is 10.1. The van der Waals surface area contributed by atoms with Crippen molar-refractivity contribution in [3.8, 4) is 5.69 Å². The average Bonchev–Trinajstić information content (AvgIpc) is 3.31. The van der Waals surface area contributed by atoms with E-state index in [-0.39, 0.29) is 5.91 Å². The van der Waals surface area contributed by atoms with Gasteiger partial charge in [0, 0.05) is 19.5 Å². The maximum Gasteiger partial charge on any atom is 0.256 e. The molecule has 7 heteroatoms. The summed E-state index contributed by atoms with van der Waals surface area (Å²) in [5, 5.41) is 8.28. The van der Waals surface area contributed by atoms with Gasteiger partial charge < -0.3 is 9.32 Å². The summed E-state index contributed by atoms with van der Waals surface area (Å²) in [6, 6.07) is 7.35. The van der Waals surface area contributed by atoms with Crippen LogP contribution in [-0.4, -0.2) is 43.9 Å². The van der Waals surface area contributed by atoms with Gasteiger partial charge in [0.05, 0.1) is 29.3 Å². The van der Waals surface area contributed by atoms with Crippen molar-refractivity contribution < 1.29 is 9.21 Å². The van der Waals surface area contributed by atoms with Crippen LogP contribution in [0.1, 0.15) is 41.6 Å². The first-order valence-corrected chi connectivity index (χ1v) is 8.84. The van der Waals surface area contributed by atoms with Crippen molar-refractivity contribution in [1.82, 2.24) is 24.9 Å². The van der Waals surface area contributed by atoms with E-state index in [4.69, 9.17) is 4.42 Å². The predicted molar refractivity (Wildman–Crippen MR) is 97.3 cm³/mol. The fraction of sp³-hybridized carbons (Fsp3) is 0.368. The zero-order valence-corrected chi connectivity index (χ0v) is 15.3. The van der Waals surface area contributed by atoms with Gasteiger partial charge in [-0.15, -0.1) is 0 Å². The minimum Gasteiger partial charge on any atom is -0.446 e. The Morgan fingerprint density at radius 2 is 1.92 bits per heavy atom. The Morgan fingerprint density at radius 1 is 1.19 bits per heavy atom. The first-order valence-electron chi connectivity index (χ1n) is 8.84. The summed E-state index contributed by atoms with van der Waals surface area (Å²) < 4.78 is 5.70. The topological polar surface area (TPSA) is 77.1 Å². The summed E-state index contributed by atoms with van der Waals surface area (Å²) in [6.45, 7) is 7.08. The molecule has 0 saturated heterocycles. The molecule has 0 aliphatic heterocycles. The number of aromatic nitrogens is 4. The van der Waals surface area contributed by atoms with Gasteiger partial charge in [0.25, 0.3) is 5.91 Å². The van der Waals surface area contributed by atoms with E-state index < -0.39 is 0 Å². The van der Waals surface area contributed by atoms with Gasteiger partial charge in [-0.05, 0) is 32.4 Å². The number of nitrogens with zero attached hydrogens (tertiary/aromatic N) is 5. The smallest absolute Gasteiger partial charge is 0.256 e. The van der Waals surface area contributed by atoms with E-state index in [0.29, 0.717) is 36.7 Å². The molecule has 0 aliphatic carbocycles. The largest absolute Gasteiger partial charge is 0.446 e. The summed E-state index contributed by atoms with van der Waals surface area (Å²) >= 11 is 0. The summed E-state index contributed by atoms with van der Waals surface area (Å²) in [6.07, 6.45) is 4.61. The molecule has 0 atom stereocenters. The number of carbonyl (C=O) groups excluding carboxylic acids is 1. The molecular weight excluding hydrogens is 330 g/mol. The highest BCUT2D eigenvalue weighted by Gasteiger charge is 2.20. The second-order valence-corrected chi connectivity index (χ2v) is 5.93. The Kier molecular flexibility index (Phi) is 5.46. The maximum absolute atomic E-state index is 13.0. The lowest BCUT2D eigenvalue weighted by molar-refractivity contribution is 0.0763. The molecule has 3 rings (SSSR count). The summed E-state index contributed by atoms with van der Waals surface area (Å²) in [7, 11) is 0. The van der Waals surface area contributed by atoms with Gasteiger partial charge in [-0.1, -0.05) is 19.1 Å². The number of carbonyl (C=O) groups is 1. The molecule has 0 fully saturated rings. The monoisotopic (exact) mass is 353 g/mol. The van der Waals surface area contributed by atoms with Crippen LogP contribution in [0.25, 0.3) is 5.69 Å². The van der Waals surface area contributed by atoms with Crippen molar-refractivity contribution in [3.63, 3.8) is 0 Å². The standard InChI is InChI=1S/C19H23N5O2/c1-4-16-14(3)26-18(22-16)10-13-23(5-2)19(25)15-8-6-7-9-17(15)24-20-11-12-21-24/h6-9,11-12H,4-5,10,13H2,1-3H3. The van der Waals surface area contributed by atoms with Gasteiger partial charge in [0.1, 0.15) is 5.76 Å². The molecule has 0 saturated carbocycles. The van der Waals surface area contributed by atoms with Crippen LogP contribution in [0.5, 0.6) is 0 Å². The van der Waals surface area contributed by atoms with Gasteiger partial charge in [-0.2, -0.15) is 15.0 Å². The first kappa shape index (κ1) is 17.8. The molecule has 1 aromatic carbocycles. The van der Waals surface area contributed by atoms with Crippen LogP contribution >= 0.6 is 0 Å². The Hall–Kier alpha value is -2.96. The van der Waals surface area contributed by atoms with Crippen molar-refractivity contribution in [2.75, 3.05) is 13.1 Å². The minimum absolute atomic E-state index is 0.0561. The molecular formula is C19H23N5O2. The number of amides is 1. The molecule has 26 heavy (non-hydrogen) atoms. The molecule has 0 radical (unpaired) electrons. The highest BCUT2D eigenvalue weighted by atomic mass is 16.4. The van der Waals surface area contributed by atoms with E-state index in [1.54, 1.807) is 23.4 Å². The summed E-state index contributed by atoms with van der Waals surface area (Å²) in [4.78, 5) is 20.8. The Morgan fingerprint density at radius 3 is 2.58 bits per heavy atom. The van der Waals surface area contributed by atoms with Crippen molar-refractivity contribution >= 4 is 5.91 Å². The molecule has 2 heterocycles. The number of para-hydroxylation sites is 1. The zero-order valence-electron chi connectivity index (χ0n) is 15.3. The van der Waals surface area contributed by atoms with Crippen molar-refractivity contribution in [2.45, 2.75) is 33.6 Å². The molecule has 0 bridgehead atoms. The normalized spacial score (nSPS) is 10.9. The molecule has 0 unspecified atom stereocenters. The molecule has 0 aliphatic rings. The fourth-order valence-electron chi connectivity index (χ4n) is 2.90. The van der Waals surface area contributed by atoms with E-state index >= 15 is 0 Å². The number of hydrogen-bond donors (Lipinski definition) is 0. The molecule has 0 spiro atoms. The molecule has 3 aromatic rings. The van der Waals surface area contributed by atoms with Crippen LogP contribution in [0.15, 0.2) is 41.1 Å². The van der Waals surface area contributed by atoms with E-state index in [2.05, 4.69) is 22.1 Å². The van der Waals surface area contributed by atoms with Crippen LogP contribution in [0.3, 0.4) is 0 Å². The van der Waals surface area contributed by atoms with Crippen LogP contribution in [0.2, 0.25) is 0 Å². The van der Waals surface area contributed by atoms with Crippen molar-refractivity contribution in [2.24, 2.45) is 0 Å². The number of likely N-dealkylation sites (N-methyl/N-ethyl adjacent to an activating group) is 1. The van der Waals surface area contributed by atoms with Crippen LogP contribution in [0, 0.1) is 6.92 Å². The van der Waals surface area contributed by atoms with Gasteiger partial charge in [0.2, 0.25) is 0 Å².